The molecule has 0 fully saturated rings. The number of benzene rings is 3. The van der Waals surface area contributed by atoms with Gasteiger partial charge in [0.05, 0.1) is 22.0 Å². The molecule has 3 aromatic carbocycles. The number of carbonyl (C=O) groups is 1. The highest BCUT2D eigenvalue weighted by Gasteiger charge is 2.22. The number of aryl methyl sites for hydroxylation is 1. The Hall–Kier alpha value is -4.77. The third-order valence-corrected chi connectivity index (χ3v) is 5.26. The number of rotatable bonds is 7. The van der Waals surface area contributed by atoms with E-state index in [1.54, 1.807) is 30.3 Å². The van der Waals surface area contributed by atoms with E-state index in [4.69, 9.17) is 16.3 Å². The summed E-state index contributed by atoms with van der Waals surface area (Å²) in [4.78, 5) is 50.9. The summed E-state index contributed by atoms with van der Waals surface area (Å²) in [6, 6.07) is 15.8. The van der Waals surface area contributed by atoms with Gasteiger partial charge >= 0.3 is 11.4 Å². The zero-order chi connectivity index (χ0) is 25.8. The van der Waals surface area contributed by atoms with Gasteiger partial charge in [-0.25, -0.2) is 4.79 Å². The highest BCUT2D eigenvalue weighted by Crippen LogP contribution is 2.33. The van der Waals surface area contributed by atoms with E-state index in [1.165, 1.54) is 12.1 Å². The van der Waals surface area contributed by atoms with Gasteiger partial charge in [0.1, 0.15) is 0 Å². The Morgan fingerprint density at radius 1 is 1.19 bits per heavy atom. The SMILES string of the molecule is Cc1ccc(NC(=O)COc2c(C=Nn3c(=O)[nH]c4ccccc4c3=O)cc(Cl)cc2[N+](=O)[O-])cc1. The number of nitrogens with zero attached hydrogens (tertiary/aromatic N) is 3. The van der Waals surface area contributed by atoms with Crippen molar-refractivity contribution in [2.45, 2.75) is 6.92 Å². The van der Waals surface area contributed by atoms with Crippen LogP contribution in [-0.4, -0.2) is 33.3 Å². The zero-order valence-electron chi connectivity index (χ0n) is 18.7. The number of aromatic amines is 1. The number of aromatic nitrogens is 2. The largest absolute Gasteiger partial charge is 0.476 e. The number of amides is 1. The Balaban J connectivity index is 1.67. The lowest BCUT2D eigenvalue weighted by Gasteiger charge is -2.11. The highest BCUT2D eigenvalue weighted by molar-refractivity contribution is 6.31. The summed E-state index contributed by atoms with van der Waals surface area (Å²) in [5.74, 6) is -0.870. The molecule has 0 aliphatic heterocycles. The number of H-pyrrole nitrogens is 1. The summed E-state index contributed by atoms with van der Waals surface area (Å²) in [7, 11) is 0. The quantitative estimate of drug-likeness (QED) is 0.222. The number of carbonyl (C=O) groups excluding carboxylic acids is 1. The molecule has 0 bridgehead atoms. The molecule has 0 aliphatic carbocycles. The van der Waals surface area contributed by atoms with Crippen LogP contribution in [0.1, 0.15) is 11.1 Å². The molecule has 0 saturated carbocycles. The molecular formula is C24H18ClN5O6. The average molecular weight is 508 g/mol. The van der Waals surface area contributed by atoms with Gasteiger partial charge in [-0.05, 0) is 37.3 Å². The lowest BCUT2D eigenvalue weighted by Crippen LogP contribution is -2.32. The molecule has 182 valence electrons. The second kappa shape index (κ2) is 10.2. The summed E-state index contributed by atoms with van der Waals surface area (Å²) < 4.78 is 6.06. The molecule has 0 unspecified atom stereocenters. The molecule has 4 aromatic rings. The van der Waals surface area contributed by atoms with Gasteiger partial charge in [-0.2, -0.15) is 5.10 Å². The molecule has 0 aliphatic rings. The number of nitrogens with one attached hydrogen (secondary N) is 2. The van der Waals surface area contributed by atoms with E-state index in [9.17, 15) is 24.5 Å². The normalized spacial score (nSPS) is 11.1. The van der Waals surface area contributed by atoms with Crippen molar-refractivity contribution in [3.63, 3.8) is 0 Å². The number of hydrogen-bond donors (Lipinski definition) is 2. The first-order valence-electron chi connectivity index (χ1n) is 10.5. The van der Waals surface area contributed by atoms with Crippen LogP contribution in [0, 0.1) is 17.0 Å². The first-order valence-corrected chi connectivity index (χ1v) is 10.9. The fourth-order valence-electron chi connectivity index (χ4n) is 3.34. The molecular weight excluding hydrogens is 490 g/mol. The lowest BCUT2D eigenvalue weighted by atomic mass is 10.2. The van der Waals surface area contributed by atoms with Crippen LogP contribution in [0.5, 0.6) is 5.75 Å². The fraction of sp³-hybridized carbons (Fsp3) is 0.0833. The van der Waals surface area contributed by atoms with Crippen LogP contribution >= 0.6 is 11.6 Å². The van der Waals surface area contributed by atoms with Gasteiger partial charge in [-0.1, -0.05) is 41.4 Å². The van der Waals surface area contributed by atoms with Crippen LogP contribution in [0.2, 0.25) is 5.02 Å². The number of hydrogen-bond acceptors (Lipinski definition) is 7. The van der Waals surface area contributed by atoms with Gasteiger partial charge in [-0.3, -0.25) is 19.7 Å². The van der Waals surface area contributed by atoms with Crippen molar-refractivity contribution in [1.82, 2.24) is 9.66 Å². The van der Waals surface area contributed by atoms with E-state index < -0.39 is 34.4 Å². The van der Waals surface area contributed by atoms with Crippen LogP contribution in [-0.2, 0) is 4.79 Å². The molecule has 4 rings (SSSR count). The Kier molecular flexibility index (Phi) is 6.93. The van der Waals surface area contributed by atoms with Gasteiger partial charge in [-0.15, -0.1) is 4.68 Å². The van der Waals surface area contributed by atoms with Crippen LogP contribution in [0.25, 0.3) is 10.9 Å². The molecule has 0 spiro atoms. The number of nitro benzene ring substituents is 1. The van der Waals surface area contributed by atoms with E-state index in [0.717, 1.165) is 17.8 Å². The molecule has 12 heteroatoms. The average Bonchev–Trinajstić information content (AvgIpc) is 2.84. The predicted molar refractivity (Wildman–Crippen MR) is 135 cm³/mol. The van der Waals surface area contributed by atoms with Crippen molar-refractivity contribution in [3.8, 4) is 5.75 Å². The molecule has 2 N–H and O–H groups in total. The molecule has 36 heavy (non-hydrogen) atoms. The third-order valence-electron chi connectivity index (χ3n) is 5.04. The van der Waals surface area contributed by atoms with Gasteiger partial charge in [0.2, 0.25) is 5.75 Å². The zero-order valence-corrected chi connectivity index (χ0v) is 19.5. The summed E-state index contributed by atoms with van der Waals surface area (Å²) in [5.41, 5.74) is -0.177. The summed E-state index contributed by atoms with van der Waals surface area (Å²) >= 11 is 6.03. The van der Waals surface area contributed by atoms with Crippen LogP contribution in [0.3, 0.4) is 0 Å². The van der Waals surface area contributed by atoms with E-state index in [2.05, 4.69) is 15.4 Å². The van der Waals surface area contributed by atoms with Crippen molar-refractivity contribution in [2.75, 3.05) is 11.9 Å². The Morgan fingerprint density at radius 3 is 2.64 bits per heavy atom. The first-order chi connectivity index (χ1) is 17.2. The number of ether oxygens (including phenoxy) is 1. The Bertz CT molecular complexity index is 1630. The topological polar surface area (TPSA) is 149 Å². The van der Waals surface area contributed by atoms with Crippen molar-refractivity contribution >= 4 is 46.0 Å². The van der Waals surface area contributed by atoms with E-state index in [-0.39, 0.29) is 21.7 Å². The minimum atomic E-state index is -0.813. The molecule has 0 saturated heterocycles. The number of anilines is 1. The maximum atomic E-state index is 12.7. The number of nitro groups is 1. The first kappa shape index (κ1) is 24.4. The summed E-state index contributed by atoms with van der Waals surface area (Å²) in [6.45, 7) is 1.34. The van der Waals surface area contributed by atoms with Gasteiger partial charge in [0.25, 0.3) is 11.5 Å². The number of para-hydroxylation sites is 1. The molecule has 0 atom stereocenters. The lowest BCUT2D eigenvalue weighted by molar-refractivity contribution is -0.385. The second-order valence-electron chi connectivity index (χ2n) is 7.64. The number of fused-ring (bicyclic) bond motifs is 1. The van der Waals surface area contributed by atoms with Crippen molar-refractivity contribution < 1.29 is 14.5 Å². The van der Waals surface area contributed by atoms with Crippen LogP contribution in [0.4, 0.5) is 11.4 Å². The standard InChI is InChI=1S/C24H18ClN5O6/c1-14-6-8-17(9-7-14)27-21(31)13-36-22-15(10-16(25)11-20(22)30(34)35)12-26-29-23(32)18-4-2-3-5-19(18)28-24(29)33/h2-12H,13H2,1H3,(H,27,31)(H,28,33). The maximum absolute atomic E-state index is 12.7. The fourth-order valence-corrected chi connectivity index (χ4v) is 3.56. The minimum absolute atomic E-state index is 0.0145. The van der Waals surface area contributed by atoms with Crippen molar-refractivity contribution in [2.24, 2.45) is 5.10 Å². The Labute approximate surface area is 207 Å². The Morgan fingerprint density at radius 2 is 1.92 bits per heavy atom. The van der Waals surface area contributed by atoms with E-state index in [0.29, 0.717) is 15.9 Å². The smallest absolute Gasteiger partial charge is 0.349 e. The highest BCUT2D eigenvalue weighted by atomic mass is 35.5. The van der Waals surface area contributed by atoms with Crippen LogP contribution < -0.4 is 21.3 Å². The van der Waals surface area contributed by atoms with E-state index >= 15 is 0 Å². The maximum Gasteiger partial charge on any atom is 0.349 e. The molecule has 1 aromatic heterocycles. The van der Waals surface area contributed by atoms with Gasteiger partial charge < -0.3 is 15.0 Å². The second-order valence-corrected chi connectivity index (χ2v) is 8.08. The minimum Gasteiger partial charge on any atom is -0.476 e. The van der Waals surface area contributed by atoms with Crippen molar-refractivity contribution in [3.05, 3.63) is 108 Å². The van der Waals surface area contributed by atoms with E-state index in [1.807, 2.05) is 19.1 Å². The molecule has 1 amide bonds. The molecule has 0 radical (unpaired) electrons. The monoisotopic (exact) mass is 507 g/mol. The summed E-state index contributed by atoms with van der Waals surface area (Å²) in [6.07, 6.45) is 1.03. The third kappa shape index (κ3) is 5.31. The predicted octanol–water partition coefficient (Wildman–Crippen LogP) is 3.46. The van der Waals surface area contributed by atoms with Crippen LogP contribution in [0.15, 0.2) is 75.4 Å². The number of halogens is 1. The van der Waals surface area contributed by atoms with Crippen molar-refractivity contribution in [1.29, 1.82) is 0 Å². The van der Waals surface area contributed by atoms with Gasteiger partial charge in [0.15, 0.2) is 6.61 Å². The summed E-state index contributed by atoms with van der Waals surface area (Å²) in [5, 5.41) is 18.4. The molecule has 1 heterocycles. The van der Waals surface area contributed by atoms with Gasteiger partial charge in [0, 0.05) is 22.3 Å². The molecule has 11 nitrogen and oxygen atoms in total.